The molecule has 2 fully saturated rings. The molecule has 1 N–H and O–H groups in total. The van der Waals surface area contributed by atoms with Gasteiger partial charge in [0.15, 0.2) is 0 Å². The molecule has 0 aromatic heterocycles. The lowest BCUT2D eigenvalue weighted by Crippen LogP contribution is -2.50. The molecule has 19 heavy (non-hydrogen) atoms. The van der Waals surface area contributed by atoms with Gasteiger partial charge in [0, 0.05) is 19.1 Å². The van der Waals surface area contributed by atoms with E-state index in [0.717, 1.165) is 52.0 Å². The van der Waals surface area contributed by atoms with Crippen molar-refractivity contribution in [3.05, 3.63) is 0 Å². The van der Waals surface area contributed by atoms with E-state index in [4.69, 9.17) is 4.74 Å². The number of nitrogens with one attached hydrogen (secondary N) is 1. The fourth-order valence-corrected chi connectivity index (χ4v) is 2.94. The average Bonchev–Trinajstić information content (AvgIpc) is 2.48. The van der Waals surface area contributed by atoms with Crippen LogP contribution in [-0.4, -0.2) is 74.2 Å². The van der Waals surface area contributed by atoms with Gasteiger partial charge in [-0.05, 0) is 38.9 Å². The van der Waals surface area contributed by atoms with Crippen LogP contribution in [0.1, 0.15) is 26.2 Å². The third-order valence-corrected chi connectivity index (χ3v) is 4.04. The summed E-state index contributed by atoms with van der Waals surface area (Å²) >= 11 is 0. The molecule has 110 valence electrons. The van der Waals surface area contributed by atoms with E-state index in [0.29, 0.717) is 25.8 Å². The Morgan fingerprint density at radius 1 is 1.32 bits per heavy atom. The molecule has 0 bridgehead atoms. The van der Waals surface area contributed by atoms with Crippen molar-refractivity contribution in [2.24, 2.45) is 0 Å². The second-order valence-corrected chi connectivity index (χ2v) is 5.44. The molecule has 0 spiro atoms. The average molecular weight is 269 g/mol. The van der Waals surface area contributed by atoms with E-state index in [9.17, 15) is 4.79 Å². The second-order valence-electron chi connectivity index (χ2n) is 5.44. The summed E-state index contributed by atoms with van der Waals surface area (Å²) in [6.07, 6.45) is 3.44. The van der Waals surface area contributed by atoms with Crippen LogP contribution in [0.4, 0.5) is 0 Å². The molecule has 2 heterocycles. The zero-order valence-corrected chi connectivity index (χ0v) is 12.1. The fraction of sp³-hybridized carbons (Fsp3) is 0.929. The maximum Gasteiger partial charge on any atom is 0.236 e. The molecule has 2 saturated heterocycles. The van der Waals surface area contributed by atoms with Crippen molar-refractivity contribution in [1.29, 1.82) is 0 Å². The van der Waals surface area contributed by atoms with E-state index in [1.54, 1.807) is 0 Å². The lowest BCUT2D eigenvalue weighted by molar-refractivity contribution is -0.137. The highest BCUT2D eigenvalue weighted by Gasteiger charge is 2.25. The molecule has 0 radical (unpaired) electrons. The Labute approximate surface area is 116 Å². The first kappa shape index (κ1) is 14.8. The smallest absolute Gasteiger partial charge is 0.236 e. The van der Waals surface area contributed by atoms with Crippen LogP contribution in [0, 0.1) is 0 Å². The first-order valence-electron chi connectivity index (χ1n) is 7.61. The van der Waals surface area contributed by atoms with Gasteiger partial charge in [0.1, 0.15) is 0 Å². The molecule has 0 atom stereocenters. The van der Waals surface area contributed by atoms with Gasteiger partial charge in [0.2, 0.25) is 5.91 Å². The summed E-state index contributed by atoms with van der Waals surface area (Å²) in [7, 11) is 0. The van der Waals surface area contributed by atoms with E-state index < -0.39 is 0 Å². The van der Waals surface area contributed by atoms with Crippen molar-refractivity contribution in [2.75, 3.05) is 52.5 Å². The van der Waals surface area contributed by atoms with Gasteiger partial charge in [-0.3, -0.25) is 9.69 Å². The number of morpholine rings is 1. The minimum absolute atomic E-state index is 0.273. The van der Waals surface area contributed by atoms with Crippen LogP contribution in [0.3, 0.4) is 0 Å². The number of hydrogen-bond acceptors (Lipinski definition) is 4. The largest absolute Gasteiger partial charge is 0.378 e. The van der Waals surface area contributed by atoms with Crippen LogP contribution in [0.25, 0.3) is 0 Å². The zero-order valence-electron chi connectivity index (χ0n) is 12.1. The number of amides is 1. The lowest BCUT2D eigenvalue weighted by atomic mass is 10.0. The Morgan fingerprint density at radius 2 is 2.00 bits per heavy atom. The molecule has 2 aliphatic heterocycles. The minimum Gasteiger partial charge on any atom is -0.378 e. The number of hydrogen-bond donors (Lipinski definition) is 1. The Hall–Kier alpha value is -0.650. The SMILES string of the molecule is CCCN(CC(=O)N1CCOCC1)C1CCNCC1. The maximum atomic E-state index is 12.3. The number of ether oxygens (including phenoxy) is 1. The van der Waals surface area contributed by atoms with Gasteiger partial charge in [-0.2, -0.15) is 0 Å². The van der Waals surface area contributed by atoms with Gasteiger partial charge in [-0.15, -0.1) is 0 Å². The summed E-state index contributed by atoms with van der Waals surface area (Å²) < 4.78 is 5.30. The summed E-state index contributed by atoms with van der Waals surface area (Å²) in [6.45, 7) is 8.84. The summed E-state index contributed by atoms with van der Waals surface area (Å²) in [5, 5.41) is 3.39. The monoisotopic (exact) mass is 269 g/mol. The van der Waals surface area contributed by atoms with Crippen LogP contribution < -0.4 is 5.32 Å². The van der Waals surface area contributed by atoms with Gasteiger partial charge < -0.3 is 15.0 Å². The van der Waals surface area contributed by atoms with Crippen molar-refractivity contribution in [1.82, 2.24) is 15.1 Å². The van der Waals surface area contributed by atoms with E-state index in [-0.39, 0.29) is 5.91 Å². The first-order valence-corrected chi connectivity index (χ1v) is 7.61. The van der Waals surface area contributed by atoms with Crippen LogP contribution in [0.5, 0.6) is 0 Å². The highest BCUT2D eigenvalue weighted by atomic mass is 16.5. The van der Waals surface area contributed by atoms with Crippen LogP contribution in [0.15, 0.2) is 0 Å². The summed E-state index contributed by atoms with van der Waals surface area (Å²) in [4.78, 5) is 16.7. The maximum absolute atomic E-state index is 12.3. The molecule has 0 aromatic carbocycles. The Balaban J connectivity index is 1.85. The molecule has 5 nitrogen and oxygen atoms in total. The summed E-state index contributed by atoms with van der Waals surface area (Å²) in [6, 6.07) is 0.575. The third-order valence-electron chi connectivity index (χ3n) is 4.04. The second kappa shape index (κ2) is 7.82. The molecule has 2 rings (SSSR count). The van der Waals surface area contributed by atoms with Crippen molar-refractivity contribution in [3.8, 4) is 0 Å². The number of carbonyl (C=O) groups is 1. The molecule has 2 aliphatic rings. The number of nitrogens with zero attached hydrogens (tertiary/aromatic N) is 2. The number of rotatable bonds is 5. The zero-order chi connectivity index (χ0) is 13.5. The van der Waals surface area contributed by atoms with Gasteiger partial charge >= 0.3 is 0 Å². The predicted octanol–water partition coefficient (Wildman–Crippen LogP) is 0.309. The van der Waals surface area contributed by atoms with Gasteiger partial charge in [-0.1, -0.05) is 6.92 Å². The predicted molar refractivity (Wildman–Crippen MR) is 75.2 cm³/mol. The Bertz CT molecular complexity index is 274. The van der Waals surface area contributed by atoms with Crippen LogP contribution in [-0.2, 0) is 9.53 Å². The first-order chi connectivity index (χ1) is 9.31. The highest BCUT2D eigenvalue weighted by molar-refractivity contribution is 5.78. The summed E-state index contributed by atoms with van der Waals surface area (Å²) in [5.41, 5.74) is 0. The molecule has 0 aliphatic carbocycles. The van der Waals surface area contributed by atoms with Gasteiger partial charge in [0.25, 0.3) is 0 Å². The van der Waals surface area contributed by atoms with Gasteiger partial charge in [0.05, 0.1) is 19.8 Å². The van der Waals surface area contributed by atoms with Crippen molar-refractivity contribution in [3.63, 3.8) is 0 Å². The van der Waals surface area contributed by atoms with E-state index in [2.05, 4.69) is 17.1 Å². The fourth-order valence-electron chi connectivity index (χ4n) is 2.94. The van der Waals surface area contributed by atoms with E-state index in [1.807, 2.05) is 4.90 Å². The molecule has 0 unspecified atom stereocenters. The number of carbonyl (C=O) groups excluding carboxylic acids is 1. The van der Waals surface area contributed by atoms with Gasteiger partial charge in [-0.25, -0.2) is 0 Å². The third kappa shape index (κ3) is 4.44. The van der Waals surface area contributed by atoms with E-state index >= 15 is 0 Å². The standard InChI is InChI=1S/C14H27N3O2/c1-2-7-17(13-3-5-15-6-4-13)12-14(18)16-8-10-19-11-9-16/h13,15H,2-12H2,1H3. The quantitative estimate of drug-likeness (QED) is 0.780. The van der Waals surface area contributed by atoms with Crippen LogP contribution >= 0.6 is 0 Å². The number of piperidine rings is 1. The molecule has 0 aromatic rings. The molecule has 0 saturated carbocycles. The highest BCUT2D eigenvalue weighted by Crippen LogP contribution is 2.13. The topological polar surface area (TPSA) is 44.8 Å². The normalized spacial score (nSPS) is 21.9. The lowest BCUT2D eigenvalue weighted by Gasteiger charge is -2.36. The van der Waals surface area contributed by atoms with Crippen molar-refractivity contribution in [2.45, 2.75) is 32.2 Å². The summed E-state index contributed by atoms with van der Waals surface area (Å²) in [5.74, 6) is 0.273. The van der Waals surface area contributed by atoms with Crippen molar-refractivity contribution < 1.29 is 9.53 Å². The molecular weight excluding hydrogens is 242 g/mol. The Morgan fingerprint density at radius 3 is 2.63 bits per heavy atom. The van der Waals surface area contributed by atoms with E-state index in [1.165, 1.54) is 0 Å². The van der Waals surface area contributed by atoms with Crippen LogP contribution in [0.2, 0.25) is 0 Å². The van der Waals surface area contributed by atoms with Crippen molar-refractivity contribution >= 4 is 5.91 Å². The molecular formula is C14H27N3O2. The molecule has 1 amide bonds. The minimum atomic E-state index is 0.273. The Kier molecular flexibility index (Phi) is 6.07. The molecule has 5 heteroatoms.